The van der Waals surface area contributed by atoms with E-state index in [2.05, 4.69) is 20.9 Å². The van der Waals surface area contributed by atoms with Crippen LogP contribution in [0, 0.1) is 6.92 Å². The molecular weight excluding hydrogens is 620 g/mol. The summed E-state index contributed by atoms with van der Waals surface area (Å²) in [6.45, 7) is 3.79. The van der Waals surface area contributed by atoms with Gasteiger partial charge in [0.1, 0.15) is 11.4 Å². The molecule has 0 fully saturated rings. The molecule has 10 heteroatoms. The van der Waals surface area contributed by atoms with Crippen molar-refractivity contribution < 1.29 is 19.1 Å². The van der Waals surface area contributed by atoms with E-state index in [1.165, 1.54) is 18.9 Å². The number of benzene rings is 4. The maximum atomic E-state index is 13.7. The molecule has 0 saturated heterocycles. The normalized spacial score (nSPS) is 12.0. The minimum atomic E-state index is -0.494. The van der Waals surface area contributed by atoms with Gasteiger partial charge < -0.3 is 25.7 Å². The number of rotatable bonds is 11. The Morgan fingerprint density at radius 3 is 2.48 bits per heavy atom. The maximum absolute atomic E-state index is 13.7. The van der Waals surface area contributed by atoms with Crippen LogP contribution in [0.3, 0.4) is 0 Å². The predicted octanol–water partition coefficient (Wildman–Crippen LogP) is 8.06. The Morgan fingerprint density at radius 2 is 1.72 bits per heavy atom. The number of carbonyl (C=O) groups excluding carboxylic acids is 3. The lowest BCUT2D eigenvalue weighted by atomic mass is 10.1. The number of nitrogens with one attached hydrogen (secondary N) is 4. The monoisotopic (exact) mass is 652 g/mol. The van der Waals surface area contributed by atoms with Gasteiger partial charge in [-0.15, -0.1) is 11.8 Å². The first-order chi connectivity index (χ1) is 22.2. The lowest BCUT2D eigenvalue weighted by Crippen LogP contribution is -2.30. The lowest BCUT2D eigenvalue weighted by molar-refractivity contribution is -0.116. The number of aromatic nitrogens is 1. The van der Waals surface area contributed by atoms with Crippen LogP contribution < -0.4 is 20.7 Å². The number of H-pyrrole nitrogens is 1. The number of anilines is 2. The number of ether oxygens (including phenoxy) is 1. The van der Waals surface area contributed by atoms with Gasteiger partial charge in [0.25, 0.3) is 11.8 Å². The fourth-order valence-electron chi connectivity index (χ4n) is 4.79. The van der Waals surface area contributed by atoms with Crippen molar-refractivity contribution in [1.82, 2.24) is 10.3 Å². The minimum Gasteiger partial charge on any atom is -0.495 e. The second-order valence-electron chi connectivity index (χ2n) is 10.5. The van der Waals surface area contributed by atoms with Gasteiger partial charge in [-0.2, -0.15) is 0 Å². The van der Waals surface area contributed by atoms with Crippen LogP contribution in [0.5, 0.6) is 5.75 Å². The van der Waals surface area contributed by atoms with E-state index in [-0.39, 0.29) is 11.6 Å². The van der Waals surface area contributed by atoms with E-state index in [0.29, 0.717) is 34.1 Å². The molecule has 0 bridgehead atoms. The zero-order valence-corrected chi connectivity index (χ0v) is 27.1. The van der Waals surface area contributed by atoms with Crippen molar-refractivity contribution in [3.8, 4) is 5.75 Å². The number of amides is 3. The Labute approximate surface area is 276 Å². The highest BCUT2D eigenvalue weighted by atomic mass is 35.5. The Bertz CT molecular complexity index is 1920. The molecule has 5 rings (SSSR count). The molecule has 1 unspecified atom stereocenters. The molecule has 8 nitrogen and oxygen atoms in total. The van der Waals surface area contributed by atoms with Gasteiger partial charge in [-0.1, -0.05) is 61.0 Å². The molecular formula is C36H33ClN4O4S. The van der Waals surface area contributed by atoms with Crippen LogP contribution in [0.15, 0.2) is 108 Å². The van der Waals surface area contributed by atoms with Gasteiger partial charge in [-0.05, 0) is 67.4 Å². The van der Waals surface area contributed by atoms with Gasteiger partial charge in [0.15, 0.2) is 0 Å². The first kappa shape index (κ1) is 32.4. The molecule has 3 amide bonds. The summed E-state index contributed by atoms with van der Waals surface area (Å²) in [6, 6.07) is 27.1. The number of methoxy groups -OCH3 is 1. The standard InChI is InChI=1S/C36H33ClN4O4S/c1-4-33(36(44)40-30-17-22(2)28(37)20-32(30)45-3)46-26-14-10-13-25(19-26)39-35(43)31(41-34(42)23-11-6-5-7-12-23)18-24-21-38-29-16-9-8-15-27(24)29/h5-21,33,38H,4H2,1-3H3,(H,39,43)(H,40,44)(H,41,42)/b31-18-. The minimum absolute atomic E-state index is 0.0784. The Hall–Kier alpha value is -4.99. The van der Waals surface area contributed by atoms with Gasteiger partial charge in [-0.25, -0.2) is 0 Å². The number of aryl methyl sites for hydroxylation is 1. The van der Waals surface area contributed by atoms with E-state index in [1.54, 1.807) is 66.9 Å². The highest BCUT2D eigenvalue weighted by Crippen LogP contribution is 2.33. The molecule has 4 aromatic carbocycles. The van der Waals surface area contributed by atoms with E-state index in [0.717, 1.165) is 26.9 Å². The largest absolute Gasteiger partial charge is 0.495 e. The Kier molecular flexibility index (Phi) is 10.5. The number of fused-ring (bicyclic) bond motifs is 1. The summed E-state index contributed by atoms with van der Waals surface area (Å²) >= 11 is 7.61. The van der Waals surface area contributed by atoms with Gasteiger partial charge in [0.05, 0.1) is 18.0 Å². The topological polar surface area (TPSA) is 112 Å². The highest BCUT2D eigenvalue weighted by molar-refractivity contribution is 8.00. The van der Waals surface area contributed by atoms with Crippen molar-refractivity contribution in [2.24, 2.45) is 0 Å². The zero-order chi connectivity index (χ0) is 32.6. The van der Waals surface area contributed by atoms with Gasteiger partial charge in [0, 0.05) is 49.9 Å². The van der Waals surface area contributed by atoms with Gasteiger partial charge in [0.2, 0.25) is 5.91 Å². The molecule has 0 aliphatic heterocycles. The first-order valence-electron chi connectivity index (χ1n) is 14.6. The zero-order valence-electron chi connectivity index (χ0n) is 25.5. The van der Waals surface area contributed by atoms with Crippen LogP contribution in [-0.2, 0) is 9.59 Å². The van der Waals surface area contributed by atoms with Crippen LogP contribution in [-0.4, -0.2) is 35.1 Å². The number of para-hydroxylation sites is 1. The lowest BCUT2D eigenvalue weighted by Gasteiger charge is -2.18. The molecule has 1 atom stereocenters. The van der Waals surface area contributed by atoms with E-state index in [4.69, 9.17) is 16.3 Å². The summed E-state index contributed by atoms with van der Waals surface area (Å²) in [5.74, 6) is -0.610. The van der Waals surface area contributed by atoms with Crippen molar-refractivity contribution >= 4 is 69.4 Å². The van der Waals surface area contributed by atoms with Crippen LogP contribution in [0.1, 0.15) is 34.8 Å². The fraction of sp³-hybridized carbons (Fsp3) is 0.139. The summed E-state index contributed by atoms with van der Waals surface area (Å²) in [4.78, 5) is 44.0. The highest BCUT2D eigenvalue weighted by Gasteiger charge is 2.21. The molecule has 1 aromatic heterocycles. The molecule has 4 N–H and O–H groups in total. The Balaban J connectivity index is 1.35. The summed E-state index contributed by atoms with van der Waals surface area (Å²) in [6.07, 6.45) is 4.00. The average molecular weight is 653 g/mol. The molecule has 0 aliphatic carbocycles. The summed E-state index contributed by atoms with van der Waals surface area (Å²) < 4.78 is 5.41. The van der Waals surface area contributed by atoms with Crippen molar-refractivity contribution in [2.75, 3.05) is 17.7 Å². The molecule has 0 aliphatic rings. The van der Waals surface area contributed by atoms with Crippen molar-refractivity contribution in [3.05, 3.63) is 125 Å². The number of carbonyl (C=O) groups is 3. The number of hydrogen-bond donors (Lipinski definition) is 4. The summed E-state index contributed by atoms with van der Waals surface area (Å²) in [5, 5.41) is 9.70. The SMILES string of the molecule is CCC(Sc1cccc(NC(=O)/C(=C/c2c[nH]c3ccccc23)NC(=O)c2ccccc2)c1)C(=O)Nc1cc(C)c(Cl)cc1OC. The van der Waals surface area contributed by atoms with E-state index < -0.39 is 17.1 Å². The maximum Gasteiger partial charge on any atom is 0.272 e. The summed E-state index contributed by atoms with van der Waals surface area (Å²) in [7, 11) is 1.52. The molecule has 0 saturated carbocycles. The van der Waals surface area contributed by atoms with Crippen molar-refractivity contribution in [3.63, 3.8) is 0 Å². The van der Waals surface area contributed by atoms with E-state index in [9.17, 15) is 14.4 Å². The van der Waals surface area contributed by atoms with Crippen LogP contribution in [0.2, 0.25) is 5.02 Å². The average Bonchev–Trinajstić information content (AvgIpc) is 3.48. The van der Waals surface area contributed by atoms with Crippen molar-refractivity contribution in [1.29, 1.82) is 0 Å². The first-order valence-corrected chi connectivity index (χ1v) is 15.9. The second-order valence-corrected chi connectivity index (χ2v) is 12.1. The number of hydrogen-bond acceptors (Lipinski definition) is 5. The number of thioether (sulfide) groups is 1. The van der Waals surface area contributed by atoms with E-state index in [1.807, 2.05) is 50.2 Å². The smallest absolute Gasteiger partial charge is 0.272 e. The molecule has 5 aromatic rings. The second kappa shape index (κ2) is 14.9. The molecule has 46 heavy (non-hydrogen) atoms. The third kappa shape index (κ3) is 7.80. The number of halogens is 1. The molecule has 1 heterocycles. The molecule has 0 radical (unpaired) electrons. The predicted molar refractivity (Wildman–Crippen MR) is 187 cm³/mol. The van der Waals surface area contributed by atoms with Crippen molar-refractivity contribution in [2.45, 2.75) is 30.4 Å². The van der Waals surface area contributed by atoms with Gasteiger partial charge in [-0.3, -0.25) is 14.4 Å². The quantitative estimate of drug-likeness (QED) is 0.0852. The van der Waals surface area contributed by atoms with Gasteiger partial charge >= 0.3 is 0 Å². The fourth-order valence-corrected chi connectivity index (χ4v) is 5.95. The third-order valence-electron chi connectivity index (χ3n) is 7.22. The van der Waals surface area contributed by atoms with Crippen LogP contribution in [0.4, 0.5) is 11.4 Å². The molecule has 234 valence electrons. The Morgan fingerprint density at radius 1 is 0.957 bits per heavy atom. The number of aromatic amines is 1. The summed E-state index contributed by atoms with van der Waals surface area (Å²) in [5.41, 5.74) is 4.04. The third-order valence-corrected chi connectivity index (χ3v) is 8.99. The van der Waals surface area contributed by atoms with Crippen LogP contribution in [0.25, 0.3) is 17.0 Å². The molecule has 0 spiro atoms. The van der Waals surface area contributed by atoms with Crippen LogP contribution >= 0.6 is 23.4 Å². The van der Waals surface area contributed by atoms with E-state index >= 15 is 0 Å².